The summed E-state index contributed by atoms with van der Waals surface area (Å²) >= 11 is 0. The molecule has 1 aromatic carbocycles. The number of hydrogen-bond acceptors (Lipinski definition) is 2. The third kappa shape index (κ3) is 5.29. The molecule has 0 fully saturated rings. The van der Waals surface area contributed by atoms with E-state index in [4.69, 9.17) is 4.74 Å². The lowest BCUT2D eigenvalue weighted by atomic mass is 10.1. The first-order valence-electron chi connectivity index (χ1n) is 6.17. The van der Waals surface area contributed by atoms with Crippen molar-refractivity contribution in [2.24, 2.45) is 0 Å². The van der Waals surface area contributed by atoms with E-state index in [1.54, 1.807) is 18.7 Å². The van der Waals surface area contributed by atoms with Gasteiger partial charge in [-0.3, -0.25) is 0 Å². The van der Waals surface area contributed by atoms with Crippen molar-refractivity contribution in [2.75, 3.05) is 26.2 Å². The second-order valence-corrected chi connectivity index (χ2v) is 3.86. The monoisotopic (exact) mass is 238 g/mol. The molecule has 0 saturated heterocycles. The zero-order valence-electron chi connectivity index (χ0n) is 10.7. The summed E-state index contributed by atoms with van der Waals surface area (Å²) in [6, 6.07) is 6.78. The molecule has 0 saturated carbocycles. The Bertz CT molecular complexity index is 313. The molecule has 0 unspecified atom stereocenters. The summed E-state index contributed by atoms with van der Waals surface area (Å²) in [4.78, 5) is 2.29. The van der Waals surface area contributed by atoms with Gasteiger partial charge < -0.3 is 9.64 Å². The van der Waals surface area contributed by atoms with E-state index >= 15 is 0 Å². The van der Waals surface area contributed by atoms with Gasteiger partial charge in [-0.2, -0.15) is 0 Å². The van der Waals surface area contributed by atoms with Crippen LogP contribution >= 0.6 is 0 Å². The van der Waals surface area contributed by atoms with Crippen LogP contribution in [0.3, 0.4) is 0 Å². The van der Waals surface area contributed by atoms with Crippen molar-refractivity contribution in [3.05, 3.63) is 42.3 Å². The SMILES string of the molecule is CCN(CC)CCO[CH]Cc1ccccc1F. The standard InChI is InChI=1S/C14H21FNO/c1-3-16(4-2)10-12-17-11-9-13-7-5-6-8-14(13)15/h5-8,11H,3-4,9-10,12H2,1-2H3. The van der Waals surface area contributed by atoms with Gasteiger partial charge in [0, 0.05) is 13.0 Å². The van der Waals surface area contributed by atoms with Gasteiger partial charge in [0.25, 0.3) is 0 Å². The Morgan fingerprint density at radius 1 is 1.24 bits per heavy atom. The number of halogens is 1. The lowest BCUT2D eigenvalue weighted by Crippen LogP contribution is -2.26. The minimum absolute atomic E-state index is 0.170. The molecule has 0 atom stereocenters. The van der Waals surface area contributed by atoms with E-state index < -0.39 is 0 Å². The van der Waals surface area contributed by atoms with Crippen molar-refractivity contribution < 1.29 is 9.13 Å². The van der Waals surface area contributed by atoms with Gasteiger partial charge in [-0.05, 0) is 24.7 Å². The predicted octanol–water partition coefficient (Wildman–Crippen LogP) is 2.89. The Hall–Kier alpha value is -0.930. The number of ether oxygens (including phenoxy) is 1. The molecule has 2 nitrogen and oxygen atoms in total. The van der Waals surface area contributed by atoms with Gasteiger partial charge in [-0.1, -0.05) is 32.0 Å². The fourth-order valence-corrected chi connectivity index (χ4v) is 1.62. The molecule has 3 heteroatoms. The minimum atomic E-state index is -0.170. The minimum Gasteiger partial charge on any atom is -0.374 e. The maximum absolute atomic E-state index is 13.3. The predicted molar refractivity (Wildman–Crippen MR) is 68.1 cm³/mol. The Labute approximate surface area is 103 Å². The highest BCUT2D eigenvalue weighted by molar-refractivity contribution is 5.18. The molecule has 1 aromatic rings. The van der Waals surface area contributed by atoms with E-state index in [1.807, 2.05) is 6.07 Å². The summed E-state index contributed by atoms with van der Waals surface area (Å²) in [5.74, 6) is -0.170. The third-order valence-corrected chi connectivity index (χ3v) is 2.80. The summed E-state index contributed by atoms with van der Waals surface area (Å²) in [6.45, 7) is 9.60. The molecular weight excluding hydrogens is 217 g/mol. The van der Waals surface area contributed by atoms with Crippen LogP contribution in [0.4, 0.5) is 4.39 Å². The number of benzene rings is 1. The van der Waals surface area contributed by atoms with E-state index in [9.17, 15) is 4.39 Å². The van der Waals surface area contributed by atoms with Crippen molar-refractivity contribution in [1.29, 1.82) is 0 Å². The average Bonchev–Trinajstić information content (AvgIpc) is 2.36. The highest BCUT2D eigenvalue weighted by Gasteiger charge is 2.01. The highest BCUT2D eigenvalue weighted by Crippen LogP contribution is 2.08. The van der Waals surface area contributed by atoms with Gasteiger partial charge >= 0.3 is 0 Å². The Morgan fingerprint density at radius 3 is 2.59 bits per heavy atom. The largest absolute Gasteiger partial charge is 0.374 e. The summed E-state index contributed by atoms with van der Waals surface area (Å²) in [5.41, 5.74) is 0.676. The van der Waals surface area contributed by atoms with Crippen LogP contribution in [0.2, 0.25) is 0 Å². The highest BCUT2D eigenvalue weighted by atomic mass is 19.1. The zero-order chi connectivity index (χ0) is 12.5. The van der Waals surface area contributed by atoms with Crippen LogP contribution in [0.5, 0.6) is 0 Å². The lowest BCUT2D eigenvalue weighted by Gasteiger charge is -2.17. The molecule has 0 aliphatic heterocycles. The van der Waals surface area contributed by atoms with Gasteiger partial charge in [0.2, 0.25) is 0 Å². The van der Waals surface area contributed by atoms with Crippen molar-refractivity contribution in [3.8, 4) is 0 Å². The number of likely N-dealkylation sites (N-methyl/N-ethyl adjacent to an activating group) is 1. The van der Waals surface area contributed by atoms with Crippen molar-refractivity contribution in [1.82, 2.24) is 4.90 Å². The second-order valence-electron chi connectivity index (χ2n) is 3.86. The quantitative estimate of drug-likeness (QED) is 0.646. The van der Waals surface area contributed by atoms with Gasteiger partial charge in [0.1, 0.15) is 5.82 Å². The smallest absolute Gasteiger partial charge is 0.126 e. The van der Waals surface area contributed by atoms with Crippen molar-refractivity contribution in [2.45, 2.75) is 20.3 Å². The summed E-state index contributed by atoms with van der Waals surface area (Å²) in [7, 11) is 0. The molecule has 17 heavy (non-hydrogen) atoms. The van der Waals surface area contributed by atoms with E-state index in [0.29, 0.717) is 18.6 Å². The van der Waals surface area contributed by atoms with Crippen molar-refractivity contribution in [3.63, 3.8) is 0 Å². The van der Waals surface area contributed by atoms with Crippen LogP contribution in [-0.4, -0.2) is 31.1 Å². The van der Waals surface area contributed by atoms with Crippen LogP contribution in [0.25, 0.3) is 0 Å². The number of hydrogen-bond donors (Lipinski definition) is 0. The van der Waals surface area contributed by atoms with Crippen LogP contribution in [0.1, 0.15) is 19.4 Å². The molecule has 0 aliphatic rings. The van der Waals surface area contributed by atoms with E-state index in [0.717, 1.165) is 19.6 Å². The average molecular weight is 238 g/mol. The lowest BCUT2D eigenvalue weighted by molar-refractivity contribution is 0.153. The molecule has 0 aliphatic carbocycles. The Balaban J connectivity index is 2.14. The molecule has 0 aromatic heterocycles. The summed E-state index contributed by atoms with van der Waals surface area (Å²) in [6.07, 6.45) is 0.519. The number of nitrogens with zero attached hydrogens (tertiary/aromatic N) is 1. The molecule has 0 bridgehead atoms. The topological polar surface area (TPSA) is 12.5 Å². The molecule has 0 N–H and O–H groups in total. The normalized spacial score (nSPS) is 11.1. The zero-order valence-corrected chi connectivity index (χ0v) is 10.7. The van der Waals surface area contributed by atoms with Crippen LogP contribution in [0, 0.1) is 12.4 Å². The van der Waals surface area contributed by atoms with Gasteiger partial charge in [0.05, 0.1) is 13.2 Å². The maximum atomic E-state index is 13.3. The molecular formula is C14H21FNO. The van der Waals surface area contributed by atoms with Crippen LogP contribution < -0.4 is 0 Å². The molecule has 0 amide bonds. The molecule has 95 valence electrons. The van der Waals surface area contributed by atoms with Gasteiger partial charge in [-0.25, -0.2) is 4.39 Å². The third-order valence-electron chi connectivity index (χ3n) is 2.80. The Kier molecular flexibility index (Phi) is 6.82. The summed E-state index contributed by atoms with van der Waals surface area (Å²) < 4.78 is 18.6. The van der Waals surface area contributed by atoms with Gasteiger partial charge in [-0.15, -0.1) is 0 Å². The first kappa shape index (κ1) is 14.1. The fourth-order valence-electron chi connectivity index (χ4n) is 1.62. The molecule has 1 radical (unpaired) electrons. The Morgan fingerprint density at radius 2 is 1.94 bits per heavy atom. The van der Waals surface area contributed by atoms with Gasteiger partial charge in [0.15, 0.2) is 0 Å². The molecule has 1 rings (SSSR count). The fraction of sp³-hybridized carbons (Fsp3) is 0.500. The van der Waals surface area contributed by atoms with E-state index in [2.05, 4.69) is 18.7 Å². The maximum Gasteiger partial charge on any atom is 0.126 e. The van der Waals surface area contributed by atoms with E-state index in [1.165, 1.54) is 6.07 Å². The first-order chi connectivity index (χ1) is 8.27. The van der Waals surface area contributed by atoms with Crippen LogP contribution in [-0.2, 0) is 11.2 Å². The van der Waals surface area contributed by atoms with Crippen LogP contribution in [0.15, 0.2) is 24.3 Å². The first-order valence-corrected chi connectivity index (χ1v) is 6.17. The number of rotatable bonds is 8. The molecule has 0 spiro atoms. The summed E-state index contributed by atoms with van der Waals surface area (Å²) in [5, 5.41) is 0. The second kappa shape index (κ2) is 8.20. The van der Waals surface area contributed by atoms with E-state index in [-0.39, 0.29) is 5.82 Å². The molecule has 0 heterocycles. The van der Waals surface area contributed by atoms with Crippen molar-refractivity contribution >= 4 is 0 Å².